The highest BCUT2D eigenvalue weighted by molar-refractivity contribution is 5.68. The zero-order valence-corrected chi connectivity index (χ0v) is 14.4. The molecule has 128 valence electrons. The first-order valence-corrected chi connectivity index (χ1v) is 8.26. The summed E-state index contributed by atoms with van der Waals surface area (Å²) in [4.78, 5) is 11.9. The van der Waals surface area contributed by atoms with E-state index in [0.717, 1.165) is 19.3 Å². The summed E-state index contributed by atoms with van der Waals surface area (Å²) in [6.07, 6.45) is 2.50. The van der Waals surface area contributed by atoms with Gasteiger partial charge in [0.05, 0.1) is 0 Å². The van der Waals surface area contributed by atoms with Crippen LogP contribution in [-0.4, -0.2) is 23.8 Å². The van der Waals surface area contributed by atoms with E-state index in [9.17, 15) is 9.18 Å². The molecule has 1 fully saturated rings. The Morgan fingerprint density at radius 2 is 1.91 bits per heavy atom. The van der Waals surface area contributed by atoms with Gasteiger partial charge in [0, 0.05) is 23.7 Å². The van der Waals surface area contributed by atoms with Crippen LogP contribution in [0.4, 0.5) is 9.18 Å². The third kappa shape index (κ3) is 5.20. The van der Waals surface area contributed by atoms with Crippen LogP contribution in [0.1, 0.15) is 58.6 Å². The van der Waals surface area contributed by atoms with Crippen LogP contribution in [0, 0.1) is 5.82 Å². The highest BCUT2D eigenvalue weighted by Crippen LogP contribution is 2.24. The van der Waals surface area contributed by atoms with Gasteiger partial charge in [0.15, 0.2) is 0 Å². The van der Waals surface area contributed by atoms with Crippen molar-refractivity contribution in [2.75, 3.05) is 0 Å². The van der Waals surface area contributed by atoms with Crippen LogP contribution in [0.2, 0.25) is 0 Å². The van der Waals surface area contributed by atoms with E-state index in [1.54, 1.807) is 12.1 Å². The van der Waals surface area contributed by atoms with Gasteiger partial charge in [0.2, 0.25) is 0 Å². The summed E-state index contributed by atoms with van der Waals surface area (Å²) in [5.41, 5.74) is 0.141. The molecular weight excluding hydrogens is 295 g/mol. The molecule has 1 aliphatic carbocycles. The van der Waals surface area contributed by atoms with E-state index in [-0.39, 0.29) is 23.9 Å². The molecule has 5 heteroatoms. The first-order chi connectivity index (χ1) is 10.8. The molecule has 0 spiro atoms. The molecule has 1 aliphatic rings. The van der Waals surface area contributed by atoms with Gasteiger partial charge in [-0.1, -0.05) is 18.2 Å². The van der Waals surface area contributed by atoms with Gasteiger partial charge in [-0.2, -0.15) is 0 Å². The number of carbonyl (C=O) groups excluding carboxylic acids is 1. The van der Waals surface area contributed by atoms with Crippen molar-refractivity contribution < 1.29 is 13.9 Å². The number of rotatable bonds is 4. The van der Waals surface area contributed by atoms with E-state index >= 15 is 0 Å². The van der Waals surface area contributed by atoms with Crippen molar-refractivity contribution in [3.8, 4) is 0 Å². The van der Waals surface area contributed by atoms with Crippen LogP contribution < -0.4 is 10.6 Å². The van der Waals surface area contributed by atoms with E-state index in [1.165, 1.54) is 6.07 Å². The molecule has 0 bridgehead atoms. The van der Waals surface area contributed by atoms with Crippen LogP contribution in [0.15, 0.2) is 24.3 Å². The maximum absolute atomic E-state index is 13.9. The molecule has 0 heterocycles. The summed E-state index contributed by atoms with van der Waals surface area (Å²) >= 11 is 0. The Balaban J connectivity index is 1.94. The molecular formula is C18H27FN2O2. The predicted octanol–water partition coefficient (Wildman–Crippen LogP) is 3.92. The average molecular weight is 322 g/mol. The lowest BCUT2D eigenvalue weighted by atomic mass is 10.1. The fraction of sp³-hybridized carbons (Fsp3) is 0.611. The van der Waals surface area contributed by atoms with Gasteiger partial charge in [-0.15, -0.1) is 0 Å². The number of hydrogen-bond donors (Lipinski definition) is 2. The minimum atomic E-state index is -0.508. The number of hydrogen-bond acceptors (Lipinski definition) is 3. The fourth-order valence-electron chi connectivity index (χ4n) is 3.03. The summed E-state index contributed by atoms with van der Waals surface area (Å²) in [7, 11) is 0. The molecule has 1 aromatic rings. The van der Waals surface area contributed by atoms with Crippen molar-refractivity contribution in [3.05, 3.63) is 35.6 Å². The molecule has 4 nitrogen and oxygen atoms in total. The first-order valence-electron chi connectivity index (χ1n) is 8.26. The molecule has 2 N–H and O–H groups in total. The van der Waals surface area contributed by atoms with Crippen molar-refractivity contribution in [1.82, 2.24) is 10.6 Å². The second kappa shape index (κ2) is 7.30. The van der Waals surface area contributed by atoms with Gasteiger partial charge in [-0.3, -0.25) is 0 Å². The third-order valence-corrected chi connectivity index (χ3v) is 4.05. The number of amides is 1. The van der Waals surface area contributed by atoms with Gasteiger partial charge in [-0.05, 0) is 53.0 Å². The number of benzene rings is 1. The van der Waals surface area contributed by atoms with Gasteiger partial charge in [0.1, 0.15) is 11.4 Å². The van der Waals surface area contributed by atoms with Crippen molar-refractivity contribution in [2.45, 2.75) is 70.7 Å². The summed E-state index contributed by atoms with van der Waals surface area (Å²) in [5.74, 6) is -0.206. The highest BCUT2D eigenvalue weighted by atomic mass is 19.1. The van der Waals surface area contributed by atoms with Crippen molar-refractivity contribution in [3.63, 3.8) is 0 Å². The van der Waals surface area contributed by atoms with E-state index in [2.05, 4.69) is 10.6 Å². The second-order valence-electron chi connectivity index (χ2n) is 7.20. The minimum absolute atomic E-state index is 0.0130. The lowest BCUT2D eigenvalue weighted by molar-refractivity contribution is 0.0497. The SMILES string of the molecule is CC(NC1CCCC1NC(=O)OC(C)(C)C)c1ccccc1F. The van der Waals surface area contributed by atoms with Crippen molar-refractivity contribution in [1.29, 1.82) is 0 Å². The van der Waals surface area contributed by atoms with E-state index in [4.69, 9.17) is 4.74 Å². The molecule has 23 heavy (non-hydrogen) atoms. The summed E-state index contributed by atoms with van der Waals surface area (Å²) in [6, 6.07) is 6.81. The molecule has 3 atom stereocenters. The first kappa shape index (κ1) is 17.7. The highest BCUT2D eigenvalue weighted by Gasteiger charge is 2.31. The summed E-state index contributed by atoms with van der Waals surface area (Å²) < 4.78 is 19.2. The lowest BCUT2D eigenvalue weighted by Crippen LogP contribution is -2.48. The van der Waals surface area contributed by atoms with Gasteiger partial charge >= 0.3 is 6.09 Å². The number of ether oxygens (including phenoxy) is 1. The molecule has 3 unspecified atom stereocenters. The number of nitrogens with one attached hydrogen (secondary N) is 2. The Morgan fingerprint density at radius 3 is 2.57 bits per heavy atom. The zero-order valence-electron chi connectivity index (χ0n) is 14.4. The van der Waals surface area contributed by atoms with E-state index < -0.39 is 11.7 Å². The Morgan fingerprint density at radius 1 is 1.26 bits per heavy atom. The second-order valence-corrected chi connectivity index (χ2v) is 7.20. The lowest BCUT2D eigenvalue weighted by Gasteiger charge is -2.27. The number of carbonyl (C=O) groups is 1. The van der Waals surface area contributed by atoms with Crippen LogP contribution in [0.3, 0.4) is 0 Å². The maximum atomic E-state index is 13.9. The molecule has 0 saturated heterocycles. The topological polar surface area (TPSA) is 50.4 Å². The zero-order chi connectivity index (χ0) is 17.0. The summed E-state index contributed by atoms with van der Waals surface area (Å²) in [6.45, 7) is 7.48. The van der Waals surface area contributed by atoms with Gasteiger partial charge in [-0.25, -0.2) is 9.18 Å². The molecule has 1 amide bonds. The minimum Gasteiger partial charge on any atom is -0.444 e. The maximum Gasteiger partial charge on any atom is 0.407 e. The van der Waals surface area contributed by atoms with E-state index in [1.807, 2.05) is 33.8 Å². The Labute approximate surface area is 137 Å². The molecule has 1 aromatic carbocycles. The average Bonchev–Trinajstić information content (AvgIpc) is 2.84. The van der Waals surface area contributed by atoms with Crippen molar-refractivity contribution >= 4 is 6.09 Å². The quantitative estimate of drug-likeness (QED) is 0.883. The molecule has 0 aromatic heterocycles. The Bertz CT molecular complexity index is 542. The smallest absolute Gasteiger partial charge is 0.407 e. The molecule has 2 rings (SSSR count). The molecule has 0 radical (unpaired) electrons. The predicted molar refractivity (Wildman–Crippen MR) is 88.7 cm³/mol. The fourth-order valence-corrected chi connectivity index (χ4v) is 3.03. The molecule has 1 saturated carbocycles. The monoisotopic (exact) mass is 322 g/mol. The Kier molecular flexibility index (Phi) is 5.63. The van der Waals surface area contributed by atoms with E-state index in [0.29, 0.717) is 5.56 Å². The number of halogens is 1. The summed E-state index contributed by atoms with van der Waals surface area (Å²) in [5, 5.41) is 6.38. The van der Waals surface area contributed by atoms with Crippen molar-refractivity contribution in [2.24, 2.45) is 0 Å². The van der Waals surface area contributed by atoms with Crippen LogP contribution >= 0.6 is 0 Å². The van der Waals surface area contributed by atoms with Crippen LogP contribution in [-0.2, 0) is 4.74 Å². The van der Waals surface area contributed by atoms with Gasteiger partial charge in [0.25, 0.3) is 0 Å². The third-order valence-electron chi connectivity index (χ3n) is 4.05. The van der Waals surface area contributed by atoms with Crippen LogP contribution in [0.5, 0.6) is 0 Å². The Hall–Kier alpha value is -1.62. The molecule has 0 aliphatic heterocycles. The largest absolute Gasteiger partial charge is 0.444 e. The number of alkyl carbamates (subject to hydrolysis) is 1. The van der Waals surface area contributed by atoms with Crippen LogP contribution in [0.25, 0.3) is 0 Å². The normalized spacial score (nSPS) is 22.7. The standard InChI is InChI=1S/C18H27FN2O2/c1-12(13-8-5-6-9-14(13)19)20-15-10-7-11-16(15)21-17(22)23-18(2,3)4/h5-6,8-9,12,15-16,20H,7,10-11H2,1-4H3,(H,21,22). The van der Waals surface area contributed by atoms with Gasteiger partial charge < -0.3 is 15.4 Å².